The highest BCUT2D eigenvalue weighted by Crippen LogP contribution is 2.23. The molecule has 1 aliphatic heterocycles. The Morgan fingerprint density at radius 1 is 1.04 bits per heavy atom. The van der Waals surface area contributed by atoms with Crippen LogP contribution in [0.1, 0.15) is 49.9 Å². The summed E-state index contributed by atoms with van der Waals surface area (Å²) in [6, 6.07) is 6.08. The van der Waals surface area contributed by atoms with Crippen molar-refractivity contribution in [2.24, 2.45) is 0 Å². The lowest BCUT2D eigenvalue weighted by atomic mass is 10.1. The predicted octanol–water partition coefficient (Wildman–Crippen LogP) is 2.43. The van der Waals surface area contributed by atoms with Crippen LogP contribution in [0.5, 0.6) is 0 Å². The molecular formula is C31H34F2N8O5. The Morgan fingerprint density at radius 3 is 2.50 bits per heavy atom. The van der Waals surface area contributed by atoms with Gasteiger partial charge in [0.2, 0.25) is 11.8 Å². The lowest BCUT2D eigenvalue weighted by Crippen LogP contribution is -2.41. The summed E-state index contributed by atoms with van der Waals surface area (Å²) >= 11 is 0. The number of carbonyl (C=O) groups excluding carboxylic acids is 3. The zero-order valence-electron chi connectivity index (χ0n) is 25.5. The molecule has 46 heavy (non-hydrogen) atoms. The number of halogens is 2. The summed E-state index contributed by atoms with van der Waals surface area (Å²) in [7, 11) is 0. The van der Waals surface area contributed by atoms with Gasteiger partial charge in [-0.2, -0.15) is 0 Å². The van der Waals surface area contributed by atoms with Gasteiger partial charge >= 0.3 is 5.69 Å². The summed E-state index contributed by atoms with van der Waals surface area (Å²) in [5.74, 6) is -2.58. The summed E-state index contributed by atoms with van der Waals surface area (Å²) in [5, 5.41) is 2.64. The van der Waals surface area contributed by atoms with Gasteiger partial charge in [-0.05, 0) is 49.6 Å². The van der Waals surface area contributed by atoms with E-state index in [2.05, 4.69) is 20.3 Å². The van der Waals surface area contributed by atoms with E-state index in [0.717, 1.165) is 23.1 Å². The summed E-state index contributed by atoms with van der Waals surface area (Å²) in [4.78, 5) is 78.4. The van der Waals surface area contributed by atoms with Crippen LogP contribution < -0.4 is 21.5 Å². The topological polar surface area (TPSA) is 155 Å². The highest BCUT2D eigenvalue weighted by molar-refractivity contribution is 6.05. The molecule has 4 aromatic rings. The average Bonchev–Trinajstić information content (AvgIpc) is 3.67. The van der Waals surface area contributed by atoms with Crippen LogP contribution in [-0.4, -0.2) is 72.9 Å². The van der Waals surface area contributed by atoms with Gasteiger partial charge in [0.05, 0.1) is 0 Å². The molecule has 3 amide bonds. The molecule has 15 heteroatoms. The Labute approximate surface area is 261 Å². The number of aromatic amines is 1. The number of hydrogen-bond donors (Lipinski definition) is 2. The molecule has 1 fully saturated rings. The Hall–Kier alpha value is -5.21. The molecule has 0 radical (unpaired) electrons. The predicted molar refractivity (Wildman–Crippen MR) is 165 cm³/mol. The number of nitrogens with zero attached hydrogens (tertiary/aromatic N) is 6. The van der Waals surface area contributed by atoms with Gasteiger partial charge in [0, 0.05) is 69.9 Å². The quantitative estimate of drug-likeness (QED) is 0.242. The summed E-state index contributed by atoms with van der Waals surface area (Å²) in [6.07, 6.45) is 3.67. The average molecular weight is 637 g/mol. The molecular weight excluding hydrogens is 602 g/mol. The fourth-order valence-electron chi connectivity index (χ4n) is 5.42. The van der Waals surface area contributed by atoms with Crippen LogP contribution >= 0.6 is 0 Å². The fourth-order valence-corrected chi connectivity index (χ4v) is 5.42. The molecule has 0 unspecified atom stereocenters. The van der Waals surface area contributed by atoms with Crippen molar-refractivity contribution in [3.8, 4) is 11.4 Å². The molecule has 1 aromatic carbocycles. The lowest BCUT2D eigenvalue weighted by molar-refractivity contribution is -0.127. The van der Waals surface area contributed by atoms with Crippen LogP contribution in [0.3, 0.4) is 0 Å². The number of pyridine rings is 1. The second-order valence-electron chi connectivity index (χ2n) is 11.0. The Morgan fingerprint density at radius 2 is 1.85 bits per heavy atom. The van der Waals surface area contributed by atoms with Crippen LogP contribution in [0.4, 0.5) is 14.6 Å². The van der Waals surface area contributed by atoms with Gasteiger partial charge in [-0.25, -0.2) is 23.5 Å². The van der Waals surface area contributed by atoms with E-state index in [1.807, 2.05) is 6.92 Å². The number of amides is 3. The number of rotatable bonds is 12. The maximum Gasteiger partial charge on any atom is 0.332 e. The van der Waals surface area contributed by atoms with Gasteiger partial charge in [0.1, 0.15) is 17.2 Å². The van der Waals surface area contributed by atoms with Crippen LogP contribution in [0, 0.1) is 11.6 Å². The number of benzene rings is 1. The van der Waals surface area contributed by atoms with Crippen LogP contribution in [-0.2, 0) is 22.7 Å². The summed E-state index contributed by atoms with van der Waals surface area (Å²) in [6.45, 7) is 4.87. The van der Waals surface area contributed by atoms with E-state index in [1.165, 1.54) is 28.7 Å². The number of fused-ring (bicyclic) bond motifs is 1. The number of aromatic nitrogens is 5. The molecule has 0 atom stereocenters. The Kier molecular flexibility index (Phi) is 9.68. The second kappa shape index (κ2) is 13.8. The van der Waals surface area contributed by atoms with Gasteiger partial charge in [-0.3, -0.25) is 33.2 Å². The largest absolute Gasteiger partial charge is 0.355 e. The number of likely N-dealkylation sites (tertiary alicyclic amines) is 1. The third-order valence-electron chi connectivity index (χ3n) is 7.71. The first-order chi connectivity index (χ1) is 22.1. The van der Waals surface area contributed by atoms with Gasteiger partial charge in [0.15, 0.2) is 17.3 Å². The Bertz CT molecular complexity index is 1900. The van der Waals surface area contributed by atoms with E-state index < -0.39 is 28.8 Å². The van der Waals surface area contributed by atoms with Crippen molar-refractivity contribution in [3.63, 3.8) is 0 Å². The fraction of sp³-hybridized carbons (Fsp3) is 0.387. The maximum absolute atomic E-state index is 14.0. The molecule has 0 bridgehead atoms. The van der Waals surface area contributed by atoms with Crippen molar-refractivity contribution in [3.05, 3.63) is 74.6 Å². The monoisotopic (exact) mass is 636 g/mol. The van der Waals surface area contributed by atoms with Crippen LogP contribution in [0.2, 0.25) is 0 Å². The van der Waals surface area contributed by atoms with Crippen molar-refractivity contribution in [1.82, 2.24) is 34.3 Å². The molecule has 4 heterocycles. The molecule has 13 nitrogen and oxygen atoms in total. The third kappa shape index (κ3) is 6.72. The highest BCUT2D eigenvalue weighted by Gasteiger charge is 2.24. The molecule has 1 saturated heterocycles. The lowest BCUT2D eigenvalue weighted by Gasteiger charge is -2.24. The van der Waals surface area contributed by atoms with E-state index in [1.54, 1.807) is 17.0 Å². The molecule has 1 aliphatic rings. The number of imidazole rings is 1. The molecule has 0 saturated carbocycles. The van der Waals surface area contributed by atoms with Crippen molar-refractivity contribution in [2.45, 2.75) is 52.6 Å². The molecule has 5 rings (SSSR count). The Balaban J connectivity index is 1.47. The van der Waals surface area contributed by atoms with Gasteiger partial charge in [-0.1, -0.05) is 6.92 Å². The minimum absolute atomic E-state index is 0.0498. The second-order valence-corrected chi connectivity index (χ2v) is 11.0. The SMILES string of the molecule is CCCn1c(=O)c2[nH]c(-c3ccc(N(CCCN4CCCC4=O)C(=O)c4ccc(F)c(F)c4)nc3)nc2n(CCNC(C)=O)c1=O. The number of nitrogens with one attached hydrogen (secondary N) is 2. The zero-order valence-corrected chi connectivity index (χ0v) is 25.5. The number of carbonyl (C=O) groups is 3. The van der Waals surface area contributed by atoms with Crippen molar-refractivity contribution >= 4 is 34.7 Å². The normalized spacial score (nSPS) is 13.0. The minimum Gasteiger partial charge on any atom is -0.355 e. The van der Waals surface area contributed by atoms with E-state index >= 15 is 0 Å². The minimum atomic E-state index is -1.16. The van der Waals surface area contributed by atoms with E-state index in [4.69, 9.17) is 0 Å². The first-order valence-electron chi connectivity index (χ1n) is 15.1. The van der Waals surface area contributed by atoms with Crippen LogP contribution in [0.25, 0.3) is 22.6 Å². The summed E-state index contributed by atoms with van der Waals surface area (Å²) in [5.41, 5.74) is -0.455. The first kappa shape index (κ1) is 32.2. The molecule has 2 N–H and O–H groups in total. The molecule has 242 valence electrons. The van der Waals surface area contributed by atoms with Crippen molar-refractivity contribution in [1.29, 1.82) is 0 Å². The van der Waals surface area contributed by atoms with E-state index in [9.17, 15) is 32.8 Å². The van der Waals surface area contributed by atoms with Crippen LogP contribution in [0.15, 0.2) is 46.1 Å². The van der Waals surface area contributed by atoms with Gasteiger partial charge in [-0.15, -0.1) is 0 Å². The summed E-state index contributed by atoms with van der Waals surface area (Å²) < 4.78 is 30.1. The van der Waals surface area contributed by atoms with E-state index in [0.29, 0.717) is 37.9 Å². The van der Waals surface area contributed by atoms with Crippen molar-refractivity contribution in [2.75, 3.05) is 31.1 Å². The maximum atomic E-state index is 14.0. The molecule has 3 aromatic heterocycles. The highest BCUT2D eigenvalue weighted by atomic mass is 19.2. The smallest absolute Gasteiger partial charge is 0.332 e. The molecule has 0 spiro atoms. The number of hydrogen-bond acceptors (Lipinski definition) is 7. The van der Waals surface area contributed by atoms with Crippen molar-refractivity contribution < 1.29 is 23.2 Å². The third-order valence-corrected chi connectivity index (χ3v) is 7.71. The van der Waals surface area contributed by atoms with Gasteiger partial charge in [0.25, 0.3) is 11.5 Å². The van der Waals surface area contributed by atoms with Gasteiger partial charge < -0.3 is 15.2 Å². The number of anilines is 1. The zero-order chi connectivity index (χ0) is 33.0. The molecule has 0 aliphatic carbocycles. The first-order valence-corrected chi connectivity index (χ1v) is 15.1. The standard InChI is InChI=1S/C31H34F2N8O5/c1-3-12-41-30(45)26-28(40(31(41)46)16-11-34-19(2)42)37-27(36-26)21-8-10-24(35-18-21)39(15-5-14-38-13-4-6-25(38)43)29(44)20-7-9-22(32)23(33)17-20/h7-10,17-18H,3-6,11-16H2,1-2H3,(H,34,42)(H,36,37). The number of H-pyrrole nitrogens is 1. The van der Waals surface area contributed by atoms with E-state index in [-0.39, 0.29) is 66.4 Å².